The van der Waals surface area contributed by atoms with Gasteiger partial charge in [0.1, 0.15) is 0 Å². The summed E-state index contributed by atoms with van der Waals surface area (Å²) in [6.07, 6.45) is 14.6. The van der Waals surface area contributed by atoms with Crippen LogP contribution in [0.25, 0.3) is 6.08 Å². The minimum Gasteiger partial charge on any atom is -0.307 e. The predicted molar refractivity (Wildman–Crippen MR) is 169 cm³/mol. The van der Waals surface area contributed by atoms with E-state index in [0.29, 0.717) is 18.0 Å². The van der Waals surface area contributed by atoms with Gasteiger partial charge in [-0.25, -0.2) is 0 Å². The monoisotopic (exact) mass is 536 g/mol. The summed E-state index contributed by atoms with van der Waals surface area (Å²) in [4.78, 5) is 5.76. The van der Waals surface area contributed by atoms with Crippen LogP contribution in [0.5, 0.6) is 0 Å². The van der Waals surface area contributed by atoms with Crippen molar-refractivity contribution < 1.29 is 0 Å². The maximum Gasteiger partial charge on any atom is 0.0843 e. The first-order valence-corrected chi connectivity index (χ1v) is 15.8. The molecule has 220 valence electrons. The van der Waals surface area contributed by atoms with E-state index >= 15 is 0 Å². The molecule has 3 aliphatic rings. The van der Waals surface area contributed by atoms with Crippen molar-refractivity contribution in [2.75, 3.05) is 14.1 Å². The maximum atomic E-state index is 3.96. The average molecular weight is 537 g/mol. The van der Waals surface area contributed by atoms with Crippen molar-refractivity contribution in [3.8, 4) is 0 Å². The Kier molecular flexibility index (Phi) is 8.59. The van der Waals surface area contributed by atoms with Gasteiger partial charge in [-0.3, -0.25) is 9.80 Å². The number of nitrogens with one attached hydrogen (secondary N) is 2. The fourth-order valence-corrected chi connectivity index (χ4v) is 9.20. The summed E-state index contributed by atoms with van der Waals surface area (Å²) >= 11 is 0. The zero-order valence-corrected chi connectivity index (χ0v) is 27.2. The van der Waals surface area contributed by atoms with Crippen LogP contribution in [0.15, 0.2) is 30.3 Å². The number of hydrogen-bond acceptors (Lipinski definition) is 4. The van der Waals surface area contributed by atoms with Gasteiger partial charge in [0.15, 0.2) is 0 Å². The Bertz CT molecular complexity index is 943. The van der Waals surface area contributed by atoms with Gasteiger partial charge in [0, 0.05) is 40.2 Å². The van der Waals surface area contributed by atoms with Crippen LogP contribution < -0.4 is 10.6 Å². The van der Waals surface area contributed by atoms with E-state index in [-0.39, 0.29) is 27.8 Å². The van der Waals surface area contributed by atoms with E-state index in [1.54, 1.807) is 0 Å². The van der Waals surface area contributed by atoms with Crippen molar-refractivity contribution in [3.05, 3.63) is 41.5 Å². The molecule has 4 heteroatoms. The molecule has 2 saturated heterocycles. The Morgan fingerprint density at radius 2 is 1.21 bits per heavy atom. The Morgan fingerprint density at radius 3 is 1.67 bits per heavy atom. The van der Waals surface area contributed by atoms with Crippen LogP contribution in [0.1, 0.15) is 131 Å². The van der Waals surface area contributed by atoms with Gasteiger partial charge in [0.05, 0.1) is 5.66 Å². The molecular weight excluding hydrogens is 476 g/mol. The van der Waals surface area contributed by atoms with Gasteiger partial charge in [-0.2, -0.15) is 0 Å². The normalized spacial score (nSPS) is 26.3. The highest BCUT2D eigenvalue weighted by atomic mass is 15.4. The van der Waals surface area contributed by atoms with Gasteiger partial charge in [0.2, 0.25) is 0 Å². The molecule has 0 radical (unpaired) electrons. The van der Waals surface area contributed by atoms with Crippen LogP contribution >= 0.6 is 0 Å². The highest BCUT2D eigenvalue weighted by Crippen LogP contribution is 2.50. The number of likely N-dealkylation sites (N-methyl/N-ethyl adjacent to an activating group) is 2. The predicted octanol–water partition coefficient (Wildman–Crippen LogP) is 7.56. The van der Waals surface area contributed by atoms with E-state index in [4.69, 9.17) is 0 Å². The largest absolute Gasteiger partial charge is 0.307 e. The van der Waals surface area contributed by atoms with E-state index in [1.165, 1.54) is 36.8 Å². The number of nitrogens with zero attached hydrogens (tertiary/aromatic N) is 2. The first kappa shape index (κ1) is 30.8. The molecule has 0 bridgehead atoms. The van der Waals surface area contributed by atoms with Crippen molar-refractivity contribution in [2.45, 2.75) is 160 Å². The molecule has 0 aromatic heterocycles. The smallest absolute Gasteiger partial charge is 0.0843 e. The minimum absolute atomic E-state index is 0.0966. The molecule has 2 N–H and O–H groups in total. The molecular formula is C35H60N4. The van der Waals surface area contributed by atoms with Crippen LogP contribution in [0.3, 0.4) is 0 Å². The summed E-state index contributed by atoms with van der Waals surface area (Å²) in [5, 5.41) is 7.91. The van der Waals surface area contributed by atoms with E-state index in [1.807, 2.05) is 0 Å². The average Bonchev–Trinajstić information content (AvgIpc) is 3.22. The second-order valence-corrected chi connectivity index (χ2v) is 15.9. The molecule has 2 fully saturated rings. The Morgan fingerprint density at radius 1 is 0.744 bits per heavy atom. The molecule has 1 aliphatic carbocycles. The zero-order chi connectivity index (χ0) is 28.9. The summed E-state index contributed by atoms with van der Waals surface area (Å²) in [5.74, 6) is 0.350. The second-order valence-electron chi connectivity index (χ2n) is 15.9. The third-order valence-electron chi connectivity index (χ3n) is 10.1. The molecule has 0 spiro atoms. The van der Waals surface area contributed by atoms with E-state index in [9.17, 15) is 0 Å². The van der Waals surface area contributed by atoms with Gasteiger partial charge >= 0.3 is 0 Å². The van der Waals surface area contributed by atoms with Crippen LogP contribution in [0, 0.1) is 0 Å². The van der Waals surface area contributed by atoms with Crippen LogP contribution in [-0.4, -0.2) is 63.8 Å². The van der Waals surface area contributed by atoms with Crippen molar-refractivity contribution in [2.24, 2.45) is 0 Å². The van der Waals surface area contributed by atoms with E-state index < -0.39 is 0 Å². The van der Waals surface area contributed by atoms with E-state index in [2.05, 4.69) is 133 Å². The Balaban J connectivity index is 1.86. The van der Waals surface area contributed by atoms with Crippen molar-refractivity contribution in [3.63, 3.8) is 0 Å². The van der Waals surface area contributed by atoms with Crippen molar-refractivity contribution in [1.82, 2.24) is 20.4 Å². The molecule has 1 atom stereocenters. The SMILES string of the molecule is CCCCCC(C1C=Cc2ccccc21)(N(C)C1CC(C)(C)NC(C)(C)C1)N(C)C1CC(C)(C)NC(C)(C)C1. The lowest BCUT2D eigenvalue weighted by atomic mass is 9.73. The number of benzene rings is 1. The highest BCUT2D eigenvalue weighted by molar-refractivity contribution is 5.63. The fourth-order valence-electron chi connectivity index (χ4n) is 9.20. The molecule has 39 heavy (non-hydrogen) atoms. The summed E-state index contributed by atoms with van der Waals surface area (Å²) in [7, 11) is 4.97. The number of rotatable bonds is 9. The van der Waals surface area contributed by atoms with Crippen molar-refractivity contribution in [1.29, 1.82) is 0 Å². The second kappa shape index (κ2) is 10.9. The first-order chi connectivity index (χ1) is 18.0. The van der Waals surface area contributed by atoms with Crippen molar-refractivity contribution >= 4 is 6.08 Å². The topological polar surface area (TPSA) is 30.5 Å². The molecule has 2 aliphatic heterocycles. The highest BCUT2D eigenvalue weighted by Gasteiger charge is 2.54. The lowest BCUT2D eigenvalue weighted by Gasteiger charge is -2.61. The quantitative estimate of drug-likeness (QED) is 0.252. The minimum atomic E-state index is -0.0966. The van der Waals surface area contributed by atoms with Gasteiger partial charge in [-0.05, 0) is 113 Å². The van der Waals surface area contributed by atoms with Gasteiger partial charge in [0.25, 0.3) is 0 Å². The number of hydrogen-bond donors (Lipinski definition) is 2. The summed E-state index contributed by atoms with van der Waals surface area (Å²) in [6.45, 7) is 21.6. The van der Waals surface area contributed by atoms with Crippen LogP contribution in [0.4, 0.5) is 0 Å². The molecule has 0 amide bonds. The number of unbranched alkanes of at least 4 members (excludes halogenated alkanes) is 2. The fraction of sp³-hybridized carbons (Fsp3) is 0.771. The van der Waals surface area contributed by atoms with E-state index in [0.717, 1.165) is 25.7 Å². The molecule has 4 rings (SSSR count). The number of fused-ring (bicyclic) bond motifs is 1. The Labute approximate surface area is 241 Å². The summed E-state index contributed by atoms with van der Waals surface area (Å²) in [5.41, 5.74) is 3.25. The Hall–Kier alpha value is -1.20. The molecule has 4 nitrogen and oxygen atoms in total. The lowest BCUT2D eigenvalue weighted by molar-refractivity contribution is -0.121. The molecule has 1 aromatic carbocycles. The summed E-state index contributed by atoms with van der Waals surface area (Å²) in [6, 6.07) is 10.2. The first-order valence-electron chi connectivity index (χ1n) is 15.8. The lowest BCUT2D eigenvalue weighted by Crippen LogP contribution is -2.72. The standard InChI is InChI=1S/C35H60N4/c1-12-13-16-21-35(30-20-19-26-17-14-15-18-29(26)30,38(10)27-22-31(2,3)36-32(4,5)23-27)39(11)28-24-33(6,7)37-34(8,9)25-28/h14-15,17-20,27-28,30,36-37H,12-13,16,21-25H2,1-11H3. The van der Waals surface area contributed by atoms with Crippen LogP contribution in [-0.2, 0) is 0 Å². The maximum absolute atomic E-state index is 3.96. The molecule has 1 unspecified atom stereocenters. The zero-order valence-electron chi connectivity index (χ0n) is 27.2. The third kappa shape index (κ3) is 6.50. The van der Waals surface area contributed by atoms with Gasteiger partial charge in [-0.1, -0.05) is 62.6 Å². The molecule has 0 saturated carbocycles. The molecule has 1 aromatic rings. The molecule has 2 heterocycles. The van der Waals surface area contributed by atoms with Crippen LogP contribution in [0.2, 0.25) is 0 Å². The number of piperidine rings is 2. The summed E-state index contributed by atoms with van der Waals surface area (Å²) < 4.78 is 0. The third-order valence-corrected chi connectivity index (χ3v) is 10.1. The van der Waals surface area contributed by atoms with Gasteiger partial charge in [-0.15, -0.1) is 0 Å². The van der Waals surface area contributed by atoms with Gasteiger partial charge < -0.3 is 10.6 Å².